The largest absolute Gasteiger partial charge is 0.450 e. The van der Waals surface area contributed by atoms with Crippen LogP contribution < -0.4 is 5.32 Å². The second-order valence-corrected chi connectivity index (χ2v) is 1.70. The van der Waals surface area contributed by atoms with Gasteiger partial charge in [-0.15, -0.1) is 0 Å². The first-order chi connectivity index (χ1) is 3.27. The van der Waals surface area contributed by atoms with Crippen molar-refractivity contribution >= 4 is 22.0 Å². The summed E-state index contributed by atoms with van der Waals surface area (Å²) in [5.74, 6) is 0. The molecule has 0 aliphatic carbocycles. The number of alkyl halides is 1. The third-order valence-electron chi connectivity index (χ3n) is 0.364. The molecule has 41 valence electrons. The highest BCUT2D eigenvalue weighted by molar-refractivity contribution is 9.09. The number of amides is 1. The molecule has 0 saturated heterocycles. The molecule has 0 heterocycles. The van der Waals surface area contributed by atoms with E-state index in [2.05, 4.69) is 21.2 Å². The van der Waals surface area contributed by atoms with E-state index in [0.29, 0.717) is 11.9 Å². The van der Waals surface area contributed by atoms with Gasteiger partial charge < -0.3 is 5.32 Å². The fourth-order valence-corrected chi connectivity index (χ4v) is 0.348. The molecule has 4 heteroatoms. The number of carbonyl (C=O) groups is 1. The highest BCUT2D eigenvalue weighted by Gasteiger charge is 1.90. The smallest absolute Gasteiger partial charge is 0.318 e. The molecule has 0 aromatic carbocycles. The second kappa shape index (κ2) is 3.92. The lowest BCUT2D eigenvalue weighted by Crippen LogP contribution is -2.21. The van der Waals surface area contributed by atoms with E-state index in [9.17, 15) is 9.90 Å². The summed E-state index contributed by atoms with van der Waals surface area (Å²) in [6.07, 6.45) is -1.22. The summed E-state index contributed by atoms with van der Waals surface area (Å²) in [6, 6.07) is 0. The molecule has 0 unspecified atom stereocenters. The third kappa shape index (κ3) is 5.75. The Hall–Kier alpha value is -0.250. The minimum Gasteiger partial charge on any atom is -0.318 e. The maximum Gasteiger partial charge on any atom is 0.450 e. The van der Waals surface area contributed by atoms with E-state index in [-0.39, 0.29) is 0 Å². The summed E-state index contributed by atoms with van der Waals surface area (Å²) in [4.78, 5) is 9.52. The van der Waals surface area contributed by atoms with E-state index >= 15 is 0 Å². The van der Waals surface area contributed by atoms with Crippen molar-refractivity contribution in [2.75, 3.05) is 11.9 Å². The molecule has 1 amide bonds. The maximum absolute atomic E-state index is 9.52. The van der Waals surface area contributed by atoms with Crippen molar-refractivity contribution in [2.45, 2.75) is 0 Å². The molecule has 1 radical (unpaired) electrons. The Kier molecular flexibility index (Phi) is 3.78. The van der Waals surface area contributed by atoms with E-state index in [1.165, 1.54) is 0 Å². The fourth-order valence-electron chi connectivity index (χ4n) is 0.149. The van der Waals surface area contributed by atoms with Crippen molar-refractivity contribution in [2.24, 2.45) is 0 Å². The zero-order chi connectivity index (χ0) is 5.70. The topological polar surface area (TPSA) is 49.0 Å². The van der Waals surface area contributed by atoms with Crippen molar-refractivity contribution in [3.05, 3.63) is 0 Å². The molecular weight excluding hydrogens is 162 g/mol. The van der Waals surface area contributed by atoms with Crippen molar-refractivity contribution < 1.29 is 9.90 Å². The average Bonchev–Trinajstić information content (AvgIpc) is 1.61. The van der Waals surface area contributed by atoms with Crippen LogP contribution in [0.15, 0.2) is 0 Å². The van der Waals surface area contributed by atoms with Crippen molar-refractivity contribution in [3.63, 3.8) is 0 Å². The highest BCUT2D eigenvalue weighted by atomic mass is 79.9. The van der Waals surface area contributed by atoms with E-state index in [1.807, 2.05) is 0 Å². The Morgan fingerprint density at radius 1 is 1.71 bits per heavy atom. The van der Waals surface area contributed by atoms with E-state index < -0.39 is 6.09 Å². The fraction of sp³-hybridized carbons (Fsp3) is 0.667. The number of rotatable bonds is 2. The van der Waals surface area contributed by atoms with Gasteiger partial charge in [0.1, 0.15) is 0 Å². The van der Waals surface area contributed by atoms with Gasteiger partial charge in [-0.1, -0.05) is 15.9 Å². The number of carbonyl (C=O) groups excluding carboxylic acids is 1. The Balaban J connectivity index is 2.82. The predicted molar refractivity (Wildman–Crippen MR) is 27.9 cm³/mol. The van der Waals surface area contributed by atoms with Crippen LogP contribution in [0.4, 0.5) is 4.79 Å². The quantitative estimate of drug-likeness (QED) is 0.598. The van der Waals surface area contributed by atoms with Crippen LogP contribution in [0.3, 0.4) is 0 Å². The lowest BCUT2D eigenvalue weighted by Gasteiger charge is -1.88. The molecule has 1 N–H and O–H groups in total. The Morgan fingerprint density at radius 2 is 2.29 bits per heavy atom. The molecule has 7 heavy (non-hydrogen) atoms. The second-order valence-electron chi connectivity index (χ2n) is 0.903. The highest BCUT2D eigenvalue weighted by Crippen LogP contribution is 1.73. The minimum atomic E-state index is -1.22. The van der Waals surface area contributed by atoms with E-state index in [1.54, 1.807) is 0 Å². The van der Waals surface area contributed by atoms with E-state index in [0.717, 1.165) is 0 Å². The van der Waals surface area contributed by atoms with Crippen LogP contribution in [0.5, 0.6) is 0 Å². The Morgan fingerprint density at radius 3 is 2.43 bits per heavy atom. The third-order valence-corrected chi connectivity index (χ3v) is 0.760. The normalized spacial score (nSPS) is 8.14. The molecule has 3 nitrogen and oxygen atoms in total. The molecule has 0 rings (SSSR count). The summed E-state index contributed by atoms with van der Waals surface area (Å²) >= 11 is 3.02. The van der Waals surface area contributed by atoms with Crippen LogP contribution in [-0.2, 0) is 5.11 Å². The predicted octanol–water partition coefficient (Wildman–Crippen LogP) is 0.521. The minimum absolute atomic E-state index is 0.405. The van der Waals surface area contributed by atoms with Crippen LogP contribution in [0, 0.1) is 0 Å². The zero-order valence-corrected chi connectivity index (χ0v) is 5.19. The summed E-state index contributed by atoms with van der Waals surface area (Å²) in [5, 5.41) is 12.2. The van der Waals surface area contributed by atoms with Gasteiger partial charge in [-0.05, 0) is 0 Å². The number of nitrogens with one attached hydrogen (secondary N) is 1. The molecule has 0 atom stereocenters. The van der Waals surface area contributed by atoms with Crippen LogP contribution in [0.1, 0.15) is 0 Å². The number of hydrogen-bond donors (Lipinski definition) is 1. The van der Waals surface area contributed by atoms with Gasteiger partial charge in [-0.3, -0.25) is 0 Å². The molecule has 0 aromatic rings. The molecule has 0 spiro atoms. The summed E-state index contributed by atoms with van der Waals surface area (Å²) in [6.45, 7) is 0.405. The lowest BCUT2D eigenvalue weighted by atomic mass is 10.8. The maximum atomic E-state index is 9.52. The van der Waals surface area contributed by atoms with Gasteiger partial charge in [0.15, 0.2) is 0 Å². The number of hydrogen-bond acceptors (Lipinski definition) is 1. The molecule has 0 aliphatic rings. The van der Waals surface area contributed by atoms with Crippen LogP contribution in [0.25, 0.3) is 0 Å². The van der Waals surface area contributed by atoms with Crippen LogP contribution >= 0.6 is 15.9 Å². The van der Waals surface area contributed by atoms with Crippen LogP contribution in [0.2, 0.25) is 0 Å². The van der Waals surface area contributed by atoms with Crippen LogP contribution in [-0.4, -0.2) is 18.0 Å². The first kappa shape index (κ1) is 6.75. The number of halogens is 1. The summed E-state index contributed by atoms with van der Waals surface area (Å²) in [5.41, 5.74) is 0. The lowest BCUT2D eigenvalue weighted by molar-refractivity contribution is 0.169. The zero-order valence-electron chi connectivity index (χ0n) is 3.61. The molecule has 0 aliphatic heterocycles. The van der Waals surface area contributed by atoms with Crippen molar-refractivity contribution in [1.82, 2.24) is 5.32 Å². The first-order valence-electron chi connectivity index (χ1n) is 1.78. The van der Waals surface area contributed by atoms with Crippen molar-refractivity contribution in [1.29, 1.82) is 0 Å². The molecular formula is C3H5BrNO2. The van der Waals surface area contributed by atoms with Gasteiger partial charge >= 0.3 is 6.09 Å². The van der Waals surface area contributed by atoms with Gasteiger partial charge in [-0.2, -0.15) is 0 Å². The van der Waals surface area contributed by atoms with Gasteiger partial charge in [0, 0.05) is 11.9 Å². The van der Waals surface area contributed by atoms with Gasteiger partial charge in [0.25, 0.3) is 0 Å². The van der Waals surface area contributed by atoms with Crippen molar-refractivity contribution in [3.8, 4) is 0 Å². The summed E-state index contributed by atoms with van der Waals surface area (Å²) in [7, 11) is 0. The Labute approximate surface area is 49.8 Å². The van der Waals surface area contributed by atoms with Gasteiger partial charge in [-0.25, -0.2) is 9.90 Å². The molecule has 0 aromatic heterocycles. The Bertz CT molecular complexity index is 66.0. The van der Waals surface area contributed by atoms with Gasteiger partial charge in [0.2, 0.25) is 0 Å². The standard InChI is InChI=1S/C3H5BrNO2/c4-1-2-5-3(6)7/h5H,1-2H2. The summed E-state index contributed by atoms with van der Waals surface area (Å²) < 4.78 is 0. The van der Waals surface area contributed by atoms with E-state index in [4.69, 9.17) is 0 Å². The molecule has 0 fully saturated rings. The molecule has 0 bridgehead atoms. The first-order valence-corrected chi connectivity index (χ1v) is 2.90. The molecule has 0 saturated carbocycles. The SMILES string of the molecule is [O]C(=O)NCCBr. The average molecular weight is 167 g/mol. The van der Waals surface area contributed by atoms with Gasteiger partial charge in [0.05, 0.1) is 0 Å². The monoisotopic (exact) mass is 166 g/mol.